The maximum atomic E-state index is 10.6. The standard InChI is InChI=1S/C8H10ClNO2S/c1-7-2-3-8(10-6-7)4-5-13(9,11)12/h2-3,6H,4-5H2,1H3. The molecule has 0 saturated carbocycles. The van der Waals surface area contributed by atoms with Crippen LogP contribution in [0.1, 0.15) is 11.3 Å². The summed E-state index contributed by atoms with van der Waals surface area (Å²) in [4.78, 5) is 4.06. The molecular weight excluding hydrogens is 210 g/mol. The second-order valence-electron chi connectivity index (χ2n) is 2.82. The number of hydrogen-bond acceptors (Lipinski definition) is 3. The summed E-state index contributed by atoms with van der Waals surface area (Å²) < 4.78 is 21.2. The van der Waals surface area contributed by atoms with Crippen LogP contribution in [0.4, 0.5) is 0 Å². The molecule has 1 aromatic heterocycles. The molecule has 3 nitrogen and oxygen atoms in total. The number of halogens is 1. The van der Waals surface area contributed by atoms with Crippen molar-refractivity contribution < 1.29 is 8.42 Å². The Morgan fingerprint density at radius 2 is 2.15 bits per heavy atom. The van der Waals surface area contributed by atoms with Crippen LogP contribution in [-0.2, 0) is 15.5 Å². The Morgan fingerprint density at radius 1 is 1.46 bits per heavy atom. The second-order valence-corrected chi connectivity index (χ2v) is 5.72. The number of aryl methyl sites for hydroxylation is 2. The zero-order chi connectivity index (χ0) is 9.90. The molecule has 0 aliphatic rings. The quantitative estimate of drug-likeness (QED) is 0.724. The minimum absolute atomic E-state index is 0.0649. The van der Waals surface area contributed by atoms with Crippen LogP contribution in [-0.4, -0.2) is 19.2 Å². The Morgan fingerprint density at radius 3 is 2.62 bits per heavy atom. The van der Waals surface area contributed by atoms with Gasteiger partial charge in [0.25, 0.3) is 0 Å². The second kappa shape index (κ2) is 4.07. The lowest BCUT2D eigenvalue weighted by Gasteiger charge is -1.98. The van der Waals surface area contributed by atoms with E-state index in [9.17, 15) is 8.42 Å². The Kier molecular flexibility index (Phi) is 3.27. The van der Waals surface area contributed by atoms with Crippen molar-refractivity contribution in [1.29, 1.82) is 0 Å². The van der Waals surface area contributed by atoms with Gasteiger partial charge in [0.2, 0.25) is 9.05 Å². The molecule has 0 saturated heterocycles. The van der Waals surface area contributed by atoms with E-state index < -0.39 is 9.05 Å². The summed E-state index contributed by atoms with van der Waals surface area (Å²) in [6.45, 7) is 1.93. The lowest BCUT2D eigenvalue weighted by atomic mass is 10.2. The molecule has 5 heteroatoms. The van der Waals surface area contributed by atoms with Crippen molar-refractivity contribution in [3.63, 3.8) is 0 Å². The molecule has 0 unspecified atom stereocenters. The highest BCUT2D eigenvalue weighted by Gasteiger charge is 2.05. The van der Waals surface area contributed by atoms with Crippen LogP contribution >= 0.6 is 10.7 Å². The fourth-order valence-corrected chi connectivity index (χ4v) is 1.56. The molecule has 0 amide bonds. The molecule has 1 heterocycles. The molecule has 0 radical (unpaired) electrons. The molecule has 0 fully saturated rings. The maximum Gasteiger partial charge on any atom is 0.232 e. The van der Waals surface area contributed by atoms with Gasteiger partial charge in [0.1, 0.15) is 0 Å². The molecule has 0 spiro atoms. The van der Waals surface area contributed by atoms with Gasteiger partial charge in [-0.25, -0.2) is 8.42 Å². The normalized spacial score (nSPS) is 11.5. The molecule has 0 atom stereocenters. The van der Waals surface area contributed by atoms with Gasteiger partial charge in [0.15, 0.2) is 0 Å². The first-order valence-electron chi connectivity index (χ1n) is 3.81. The molecule has 0 bridgehead atoms. The van der Waals surface area contributed by atoms with Crippen molar-refractivity contribution in [2.75, 3.05) is 5.75 Å². The summed E-state index contributed by atoms with van der Waals surface area (Å²) >= 11 is 0. The number of aromatic nitrogens is 1. The topological polar surface area (TPSA) is 47.0 Å². The van der Waals surface area contributed by atoms with Crippen molar-refractivity contribution in [1.82, 2.24) is 4.98 Å². The highest BCUT2D eigenvalue weighted by Crippen LogP contribution is 2.03. The van der Waals surface area contributed by atoms with E-state index in [4.69, 9.17) is 10.7 Å². The molecule has 72 valence electrons. The van der Waals surface area contributed by atoms with Crippen molar-refractivity contribution in [3.8, 4) is 0 Å². The zero-order valence-electron chi connectivity index (χ0n) is 7.20. The third-order valence-electron chi connectivity index (χ3n) is 1.57. The van der Waals surface area contributed by atoms with Gasteiger partial charge in [0.05, 0.1) is 5.75 Å². The van der Waals surface area contributed by atoms with Gasteiger partial charge in [-0.05, 0) is 18.6 Å². The third-order valence-corrected chi connectivity index (χ3v) is 2.73. The van der Waals surface area contributed by atoms with Gasteiger partial charge in [0, 0.05) is 29.0 Å². The fourth-order valence-electron chi connectivity index (χ4n) is 0.873. The molecule has 0 aliphatic heterocycles. The number of hydrogen-bond donors (Lipinski definition) is 0. The number of pyridine rings is 1. The first kappa shape index (κ1) is 10.5. The molecule has 0 aliphatic carbocycles. The van der Waals surface area contributed by atoms with Gasteiger partial charge < -0.3 is 0 Å². The summed E-state index contributed by atoms with van der Waals surface area (Å²) in [5, 5.41) is 0. The van der Waals surface area contributed by atoms with Gasteiger partial charge >= 0.3 is 0 Å². The van der Waals surface area contributed by atoms with E-state index in [-0.39, 0.29) is 5.75 Å². The molecule has 0 aromatic carbocycles. The predicted octanol–water partition coefficient (Wildman–Crippen LogP) is 1.50. The maximum absolute atomic E-state index is 10.6. The summed E-state index contributed by atoms with van der Waals surface area (Å²) in [6.07, 6.45) is 2.07. The minimum atomic E-state index is -3.40. The zero-order valence-corrected chi connectivity index (χ0v) is 8.77. The van der Waals surface area contributed by atoms with Gasteiger partial charge in [-0.1, -0.05) is 6.07 Å². The third kappa shape index (κ3) is 4.24. The average Bonchev–Trinajstić information content (AvgIpc) is 2.02. The van der Waals surface area contributed by atoms with E-state index in [1.165, 1.54) is 0 Å². The van der Waals surface area contributed by atoms with E-state index in [1.54, 1.807) is 12.3 Å². The summed E-state index contributed by atoms with van der Waals surface area (Å²) in [6, 6.07) is 3.70. The fraction of sp³-hybridized carbons (Fsp3) is 0.375. The Hall–Kier alpha value is -0.610. The van der Waals surface area contributed by atoms with Crippen LogP contribution in [0.25, 0.3) is 0 Å². The van der Waals surface area contributed by atoms with Crippen LogP contribution < -0.4 is 0 Å². The highest BCUT2D eigenvalue weighted by molar-refractivity contribution is 8.13. The van der Waals surface area contributed by atoms with Crippen LogP contribution in [0.15, 0.2) is 18.3 Å². The van der Waals surface area contributed by atoms with Crippen LogP contribution in [0, 0.1) is 6.92 Å². The first-order chi connectivity index (χ1) is 5.97. The van der Waals surface area contributed by atoms with Gasteiger partial charge in [-0.3, -0.25) is 4.98 Å². The van der Waals surface area contributed by atoms with E-state index in [1.807, 2.05) is 13.0 Å². The lowest BCUT2D eigenvalue weighted by Crippen LogP contribution is -2.02. The van der Waals surface area contributed by atoms with Crippen LogP contribution in [0.3, 0.4) is 0 Å². The van der Waals surface area contributed by atoms with Crippen LogP contribution in [0.2, 0.25) is 0 Å². The largest absolute Gasteiger partial charge is 0.261 e. The Balaban J connectivity index is 2.61. The number of nitrogens with zero attached hydrogens (tertiary/aromatic N) is 1. The Bertz CT molecular complexity index is 372. The molecular formula is C8H10ClNO2S. The predicted molar refractivity (Wildman–Crippen MR) is 52.3 cm³/mol. The summed E-state index contributed by atoms with van der Waals surface area (Å²) in [5.41, 5.74) is 1.80. The van der Waals surface area contributed by atoms with E-state index in [0.717, 1.165) is 11.3 Å². The van der Waals surface area contributed by atoms with E-state index in [0.29, 0.717) is 6.42 Å². The van der Waals surface area contributed by atoms with Crippen molar-refractivity contribution in [2.24, 2.45) is 0 Å². The van der Waals surface area contributed by atoms with Crippen molar-refractivity contribution in [3.05, 3.63) is 29.6 Å². The summed E-state index contributed by atoms with van der Waals surface area (Å²) in [5.74, 6) is -0.0649. The SMILES string of the molecule is Cc1ccc(CCS(=O)(=O)Cl)nc1. The first-order valence-corrected chi connectivity index (χ1v) is 6.29. The van der Waals surface area contributed by atoms with Gasteiger partial charge in [-0.2, -0.15) is 0 Å². The molecule has 1 rings (SSSR count). The highest BCUT2D eigenvalue weighted by atomic mass is 35.7. The Labute approximate surface area is 82.2 Å². The smallest absolute Gasteiger partial charge is 0.232 e. The molecule has 13 heavy (non-hydrogen) atoms. The molecule has 0 N–H and O–H groups in total. The monoisotopic (exact) mass is 219 g/mol. The average molecular weight is 220 g/mol. The number of rotatable bonds is 3. The summed E-state index contributed by atoms with van der Waals surface area (Å²) in [7, 11) is 1.66. The van der Waals surface area contributed by atoms with Crippen LogP contribution in [0.5, 0.6) is 0 Å². The van der Waals surface area contributed by atoms with E-state index >= 15 is 0 Å². The van der Waals surface area contributed by atoms with Gasteiger partial charge in [-0.15, -0.1) is 0 Å². The minimum Gasteiger partial charge on any atom is -0.261 e. The van der Waals surface area contributed by atoms with Crippen molar-refractivity contribution in [2.45, 2.75) is 13.3 Å². The molecule has 1 aromatic rings. The lowest BCUT2D eigenvalue weighted by molar-refractivity contribution is 0.608. The van der Waals surface area contributed by atoms with E-state index in [2.05, 4.69) is 4.98 Å². The van der Waals surface area contributed by atoms with Crippen molar-refractivity contribution >= 4 is 19.7 Å².